The van der Waals surface area contributed by atoms with Gasteiger partial charge >= 0.3 is 18.0 Å². The summed E-state index contributed by atoms with van der Waals surface area (Å²) in [6.07, 6.45) is -5.76. The highest BCUT2D eigenvalue weighted by Gasteiger charge is 2.48. The van der Waals surface area contributed by atoms with E-state index in [0.717, 1.165) is 18.3 Å². The summed E-state index contributed by atoms with van der Waals surface area (Å²) in [6, 6.07) is 4.83. The van der Waals surface area contributed by atoms with E-state index in [-0.39, 0.29) is 33.0 Å². The number of alkyl halides is 3. The van der Waals surface area contributed by atoms with Crippen LogP contribution >= 0.6 is 23.2 Å². The molecule has 1 atom stereocenters. The van der Waals surface area contributed by atoms with Crippen molar-refractivity contribution in [3.05, 3.63) is 56.9 Å². The first kappa shape index (κ1) is 19.1. The lowest BCUT2D eigenvalue weighted by molar-refractivity contribution is -0.611. The molecule has 142 valence electrons. The minimum atomic E-state index is -4.95. The number of hydrogen-bond acceptors (Lipinski definition) is 4. The minimum absolute atomic E-state index is 0.0244. The van der Waals surface area contributed by atoms with E-state index in [4.69, 9.17) is 37.8 Å². The van der Waals surface area contributed by atoms with Crippen LogP contribution in [0.2, 0.25) is 10.0 Å². The monoisotopic (exact) mass is 421 g/mol. The second-order valence-corrected chi connectivity index (χ2v) is 6.22. The number of halogens is 5. The van der Waals surface area contributed by atoms with Crippen LogP contribution in [0.4, 0.5) is 13.2 Å². The largest absolute Gasteiger partial charge is 0.616 e. The van der Waals surface area contributed by atoms with Crippen LogP contribution in [0.25, 0.3) is 6.08 Å². The molecule has 1 aliphatic rings. The number of aliphatic carboxylic acids is 1. The third-order valence-corrected chi connectivity index (χ3v) is 4.02. The van der Waals surface area contributed by atoms with Gasteiger partial charge in [-0.2, -0.15) is 13.2 Å². The predicted octanol–water partition coefficient (Wildman–Crippen LogP) is 4.21. The Morgan fingerprint density at radius 2 is 2.00 bits per heavy atom. The van der Waals surface area contributed by atoms with Crippen molar-refractivity contribution in [3.63, 3.8) is 0 Å². The number of carbonyl (C=O) groups is 1. The molecule has 0 bridgehead atoms. The number of pyridine rings is 1. The Bertz CT molecular complexity index is 962. The Morgan fingerprint density at radius 3 is 2.59 bits per heavy atom. The van der Waals surface area contributed by atoms with Gasteiger partial charge in [0, 0.05) is 11.6 Å². The zero-order chi connectivity index (χ0) is 19.9. The summed E-state index contributed by atoms with van der Waals surface area (Å²) in [7, 11) is 0. The first-order valence-electron chi connectivity index (χ1n) is 7.14. The molecule has 1 N–H and O–H groups in total. The molecule has 0 amide bonds. The van der Waals surface area contributed by atoms with Crippen LogP contribution in [0.3, 0.4) is 0 Å². The fraction of sp³-hybridized carbons (Fsp3) is 0.125. The number of aromatic nitrogens is 1. The summed E-state index contributed by atoms with van der Waals surface area (Å²) < 4.78 is 49.8. The third-order valence-electron chi connectivity index (χ3n) is 3.50. The molecule has 0 saturated heterocycles. The maximum absolute atomic E-state index is 13.1. The van der Waals surface area contributed by atoms with Crippen LogP contribution in [-0.4, -0.2) is 23.4 Å². The highest BCUT2D eigenvalue weighted by atomic mass is 35.5. The average Bonchev–Trinajstić information content (AvgIpc) is 2.55. The lowest BCUT2D eigenvalue weighted by Crippen LogP contribution is -2.40. The number of fused-ring (bicyclic) bond motifs is 1. The summed E-state index contributed by atoms with van der Waals surface area (Å²) in [5.74, 6) is -2.46. The van der Waals surface area contributed by atoms with Crippen LogP contribution in [-0.2, 0) is 4.79 Å². The van der Waals surface area contributed by atoms with Crippen molar-refractivity contribution in [1.29, 1.82) is 0 Å². The van der Waals surface area contributed by atoms with Gasteiger partial charge in [0.15, 0.2) is 5.75 Å². The molecule has 2 aromatic rings. The Kier molecular flexibility index (Phi) is 4.83. The fourth-order valence-corrected chi connectivity index (χ4v) is 2.69. The van der Waals surface area contributed by atoms with Crippen molar-refractivity contribution in [2.24, 2.45) is 0 Å². The normalized spacial score (nSPS) is 16.2. The first-order valence-corrected chi connectivity index (χ1v) is 7.90. The number of rotatable bonds is 3. The van der Waals surface area contributed by atoms with E-state index >= 15 is 0 Å². The Balaban J connectivity index is 2.02. The SMILES string of the molecule is O=C(O)C1=Cc2cc(Cl)c(Oc3ccc(Cl)c[n+]3[O-])cc2OC1C(F)(F)F. The molecular formula is C16H8Cl2F3NO5. The van der Waals surface area contributed by atoms with E-state index in [1.807, 2.05) is 0 Å². The van der Waals surface area contributed by atoms with Crippen molar-refractivity contribution in [2.75, 3.05) is 0 Å². The van der Waals surface area contributed by atoms with Crippen molar-refractivity contribution in [1.82, 2.24) is 0 Å². The van der Waals surface area contributed by atoms with Gasteiger partial charge in [-0.25, -0.2) is 4.79 Å². The van der Waals surface area contributed by atoms with Crippen molar-refractivity contribution < 1.29 is 37.3 Å². The van der Waals surface area contributed by atoms with Gasteiger partial charge in [0.2, 0.25) is 12.3 Å². The average molecular weight is 422 g/mol. The lowest BCUT2D eigenvalue weighted by Gasteiger charge is -2.27. The van der Waals surface area contributed by atoms with E-state index in [0.29, 0.717) is 4.73 Å². The van der Waals surface area contributed by atoms with E-state index < -0.39 is 23.8 Å². The molecule has 0 saturated carbocycles. The Morgan fingerprint density at radius 1 is 1.30 bits per heavy atom. The molecule has 0 aliphatic carbocycles. The lowest BCUT2D eigenvalue weighted by atomic mass is 10.0. The van der Waals surface area contributed by atoms with Crippen LogP contribution in [0.15, 0.2) is 36.0 Å². The second-order valence-electron chi connectivity index (χ2n) is 5.38. The molecule has 1 aromatic heterocycles. The molecule has 1 unspecified atom stereocenters. The van der Waals surface area contributed by atoms with Gasteiger partial charge in [-0.05, 0) is 18.2 Å². The third kappa shape index (κ3) is 3.88. The maximum Gasteiger partial charge on any atom is 0.430 e. The molecule has 0 spiro atoms. The minimum Gasteiger partial charge on any atom is -0.616 e. The van der Waals surface area contributed by atoms with Gasteiger partial charge in [-0.1, -0.05) is 23.2 Å². The van der Waals surface area contributed by atoms with Crippen LogP contribution < -0.4 is 14.2 Å². The molecule has 2 heterocycles. The van der Waals surface area contributed by atoms with Crippen LogP contribution in [0.1, 0.15) is 5.56 Å². The van der Waals surface area contributed by atoms with Gasteiger partial charge in [-0.15, -0.1) is 4.73 Å². The number of carboxylic acids is 1. The Labute approximate surface area is 159 Å². The highest BCUT2D eigenvalue weighted by Crippen LogP contribution is 2.42. The predicted molar refractivity (Wildman–Crippen MR) is 88.0 cm³/mol. The van der Waals surface area contributed by atoms with Gasteiger partial charge in [0.1, 0.15) is 10.8 Å². The zero-order valence-electron chi connectivity index (χ0n) is 13.0. The summed E-state index contributed by atoms with van der Waals surface area (Å²) in [5.41, 5.74) is -0.953. The standard InChI is InChI=1S/C16H8Cl2F3NO5/c17-8-1-2-13(22(25)6-8)26-12-5-11-7(4-10(12)18)3-9(15(23)24)14(27-11)16(19,20)21/h1-6,14H,(H,23,24). The number of ether oxygens (including phenoxy) is 2. The second kappa shape index (κ2) is 6.82. The zero-order valence-corrected chi connectivity index (χ0v) is 14.5. The summed E-state index contributed by atoms with van der Waals surface area (Å²) >= 11 is 11.7. The summed E-state index contributed by atoms with van der Waals surface area (Å²) in [5, 5.41) is 20.8. The molecule has 0 fully saturated rings. The van der Waals surface area contributed by atoms with Crippen molar-refractivity contribution in [2.45, 2.75) is 12.3 Å². The molecule has 0 radical (unpaired) electrons. The summed E-state index contributed by atoms with van der Waals surface area (Å²) in [6.45, 7) is 0. The van der Waals surface area contributed by atoms with E-state index in [1.54, 1.807) is 0 Å². The molecule has 11 heteroatoms. The van der Waals surface area contributed by atoms with Gasteiger partial charge in [0.05, 0.1) is 16.7 Å². The summed E-state index contributed by atoms with van der Waals surface area (Å²) in [4.78, 5) is 11.1. The quantitative estimate of drug-likeness (QED) is 0.592. The molecule has 1 aliphatic heterocycles. The smallest absolute Gasteiger partial charge is 0.430 e. The topological polar surface area (TPSA) is 82.7 Å². The number of hydrogen-bond donors (Lipinski definition) is 1. The van der Waals surface area contributed by atoms with E-state index in [2.05, 4.69) is 0 Å². The van der Waals surface area contributed by atoms with Gasteiger partial charge in [-0.3, -0.25) is 0 Å². The number of benzene rings is 1. The van der Waals surface area contributed by atoms with Crippen molar-refractivity contribution in [3.8, 4) is 17.4 Å². The highest BCUT2D eigenvalue weighted by molar-refractivity contribution is 6.32. The Hall–Kier alpha value is -2.65. The first-order chi connectivity index (χ1) is 12.6. The van der Waals surface area contributed by atoms with Crippen LogP contribution in [0.5, 0.6) is 17.4 Å². The van der Waals surface area contributed by atoms with E-state index in [9.17, 15) is 23.2 Å². The maximum atomic E-state index is 13.1. The molecule has 27 heavy (non-hydrogen) atoms. The number of carboxylic acid groups (broad SMARTS) is 1. The number of nitrogens with zero attached hydrogens (tertiary/aromatic N) is 1. The fourth-order valence-electron chi connectivity index (χ4n) is 2.33. The molecular weight excluding hydrogens is 414 g/mol. The molecule has 1 aromatic carbocycles. The molecule has 3 rings (SSSR count). The van der Waals surface area contributed by atoms with Crippen molar-refractivity contribution >= 4 is 35.2 Å². The molecule has 6 nitrogen and oxygen atoms in total. The van der Waals surface area contributed by atoms with Crippen LogP contribution in [0, 0.1) is 5.21 Å². The van der Waals surface area contributed by atoms with E-state index in [1.165, 1.54) is 18.2 Å². The van der Waals surface area contributed by atoms with Gasteiger partial charge in [0.25, 0.3) is 0 Å². The van der Waals surface area contributed by atoms with Gasteiger partial charge < -0.3 is 19.8 Å².